The SMILES string of the molecule is C=C1C(OC(C)=O)CCC(C)(OC(=O)CCC)C2OC(C1O)C1C(=C)CCC(C(C)C)C12. The van der Waals surface area contributed by atoms with Gasteiger partial charge in [-0.3, -0.25) is 9.59 Å². The predicted octanol–water partition coefficient (Wildman–Crippen LogP) is 4.35. The summed E-state index contributed by atoms with van der Waals surface area (Å²) >= 11 is 0. The van der Waals surface area contributed by atoms with Crippen molar-refractivity contribution in [2.45, 2.75) is 103 Å². The molecule has 6 nitrogen and oxygen atoms in total. The first-order valence-electron chi connectivity index (χ1n) is 12.1. The number of rotatable bonds is 5. The fraction of sp³-hybridized carbons (Fsp3) is 0.769. The molecule has 2 bridgehead atoms. The average molecular weight is 449 g/mol. The van der Waals surface area contributed by atoms with Crippen molar-refractivity contribution in [3.8, 4) is 0 Å². The summed E-state index contributed by atoms with van der Waals surface area (Å²) in [5, 5.41) is 11.3. The van der Waals surface area contributed by atoms with Crippen LogP contribution < -0.4 is 0 Å². The van der Waals surface area contributed by atoms with Gasteiger partial charge in [0, 0.05) is 25.2 Å². The quantitative estimate of drug-likeness (QED) is 0.497. The minimum Gasteiger partial charge on any atom is -0.458 e. The number of hydrogen-bond acceptors (Lipinski definition) is 6. The molecule has 180 valence electrons. The first kappa shape index (κ1) is 25.0. The largest absolute Gasteiger partial charge is 0.458 e. The van der Waals surface area contributed by atoms with E-state index in [9.17, 15) is 14.7 Å². The van der Waals surface area contributed by atoms with E-state index in [1.807, 2.05) is 13.8 Å². The lowest BCUT2D eigenvalue weighted by Gasteiger charge is -2.45. The molecular weight excluding hydrogens is 408 g/mol. The third kappa shape index (κ3) is 4.67. The maximum Gasteiger partial charge on any atom is 0.306 e. The lowest BCUT2D eigenvalue weighted by atomic mass is 9.60. The van der Waals surface area contributed by atoms with E-state index in [0.29, 0.717) is 43.1 Å². The van der Waals surface area contributed by atoms with E-state index in [0.717, 1.165) is 18.4 Å². The van der Waals surface area contributed by atoms with Crippen molar-refractivity contribution in [2.24, 2.45) is 23.7 Å². The van der Waals surface area contributed by atoms with Crippen LogP contribution in [0.15, 0.2) is 24.3 Å². The minimum atomic E-state index is -0.992. The van der Waals surface area contributed by atoms with Crippen LogP contribution in [0.3, 0.4) is 0 Å². The van der Waals surface area contributed by atoms with E-state index < -0.39 is 29.9 Å². The van der Waals surface area contributed by atoms with Gasteiger partial charge in [0.15, 0.2) is 0 Å². The molecule has 1 N–H and O–H groups in total. The van der Waals surface area contributed by atoms with Gasteiger partial charge in [0.2, 0.25) is 0 Å². The molecule has 3 aliphatic rings. The van der Waals surface area contributed by atoms with Crippen LogP contribution in [0.5, 0.6) is 0 Å². The van der Waals surface area contributed by atoms with Gasteiger partial charge in [0.25, 0.3) is 0 Å². The maximum absolute atomic E-state index is 12.7. The highest BCUT2D eigenvalue weighted by Crippen LogP contribution is 2.55. The standard InChI is InChI=1S/C26H40O6/c1-8-9-20(28)32-26(7)13-12-19(30-17(6)27)16(5)23(29)24-21-15(4)10-11-18(14(2)3)22(21)25(26)31-24/h14,18-19,21-25,29H,4-5,8-13H2,1-3,6-7H3. The Bertz CT molecular complexity index is 757. The van der Waals surface area contributed by atoms with Crippen molar-refractivity contribution in [3.63, 3.8) is 0 Å². The van der Waals surface area contributed by atoms with Gasteiger partial charge in [0.05, 0.1) is 6.10 Å². The molecule has 2 saturated heterocycles. The molecule has 0 radical (unpaired) electrons. The van der Waals surface area contributed by atoms with Crippen LogP contribution in [0.1, 0.15) is 73.1 Å². The molecule has 0 amide bonds. The summed E-state index contributed by atoms with van der Waals surface area (Å²) in [6.07, 6.45) is 1.21. The Hall–Kier alpha value is -1.66. The second kappa shape index (κ2) is 9.68. The van der Waals surface area contributed by atoms with Crippen molar-refractivity contribution in [2.75, 3.05) is 0 Å². The first-order chi connectivity index (χ1) is 15.0. The second-order valence-electron chi connectivity index (χ2n) is 10.4. The molecule has 3 rings (SSSR count). The zero-order valence-corrected chi connectivity index (χ0v) is 20.3. The van der Waals surface area contributed by atoms with Gasteiger partial charge in [-0.15, -0.1) is 0 Å². The summed E-state index contributed by atoms with van der Waals surface area (Å²) in [4.78, 5) is 24.4. The molecule has 3 fully saturated rings. The van der Waals surface area contributed by atoms with Gasteiger partial charge in [-0.1, -0.05) is 39.5 Å². The van der Waals surface area contributed by atoms with Gasteiger partial charge in [0.1, 0.15) is 23.9 Å². The summed E-state index contributed by atoms with van der Waals surface area (Å²) in [6.45, 7) is 18.1. The Morgan fingerprint density at radius 2 is 1.97 bits per heavy atom. The molecule has 0 aromatic rings. The Morgan fingerprint density at radius 1 is 1.28 bits per heavy atom. The second-order valence-corrected chi connectivity index (χ2v) is 10.4. The van der Waals surface area contributed by atoms with Crippen LogP contribution in [0, 0.1) is 23.7 Å². The molecule has 32 heavy (non-hydrogen) atoms. The molecule has 0 aromatic heterocycles. The fourth-order valence-electron chi connectivity index (χ4n) is 6.16. The van der Waals surface area contributed by atoms with E-state index in [-0.39, 0.29) is 23.9 Å². The highest BCUT2D eigenvalue weighted by Gasteiger charge is 2.60. The number of fused-ring (bicyclic) bond motifs is 5. The molecule has 0 spiro atoms. The van der Waals surface area contributed by atoms with Gasteiger partial charge in [-0.05, 0) is 56.4 Å². The highest BCUT2D eigenvalue weighted by atomic mass is 16.6. The van der Waals surface area contributed by atoms with Crippen molar-refractivity contribution in [1.29, 1.82) is 0 Å². The lowest BCUT2D eigenvalue weighted by molar-refractivity contribution is -0.184. The minimum absolute atomic E-state index is 0.0619. The molecule has 2 heterocycles. The molecule has 0 aromatic carbocycles. The zero-order chi connectivity index (χ0) is 23.8. The van der Waals surface area contributed by atoms with Crippen LogP contribution in [-0.4, -0.2) is 47.1 Å². The molecule has 6 heteroatoms. The van der Waals surface area contributed by atoms with Gasteiger partial charge in [-0.2, -0.15) is 0 Å². The van der Waals surface area contributed by atoms with Gasteiger partial charge < -0.3 is 19.3 Å². The number of hydrogen-bond donors (Lipinski definition) is 1. The smallest absolute Gasteiger partial charge is 0.306 e. The molecule has 8 unspecified atom stereocenters. The maximum atomic E-state index is 12.7. The summed E-state index contributed by atoms with van der Waals surface area (Å²) in [5.74, 6) is 0.138. The van der Waals surface area contributed by atoms with Crippen LogP contribution in [0.25, 0.3) is 0 Å². The summed E-state index contributed by atoms with van der Waals surface area (Å²) < 4.78 is 18.3. The summed E-state index contributed by atoms with van der Waals surface area (Å²) in [7, 11) is 0. The van der Waals surface area contributed by atoms with Crippen molar-refractivity contribution in [1.82, 2.24) is 0 Å². The number of carbonyl (C=O) groups excluding carboxylic acids is 2. The number of aliphatic hydroxyl groups is 1. The van der Waals surface area contributed by atoms with E-state index >= 15 is 0 Å². The third-order valence-electron chi connectivity index (χ3n) is 7.76. The predicted molar refractivity (Wildman–Crippen MR) is 122 cm³/mol. The monoisotopic (exact) mass is 448 g/mol. The topological polar surface area (TPSA) is 82.1 Å². The van der Waals surface area contributed by atoms with Crippen molar-refractivity contribution >= 4 is 11.9 Å². The van der Waals surface area contributed by atoms with Crippen molar-refractivity contribution < 1.29 is 28.9 Å². The van der Waals surface area contributed by atoms with E-state index in [1.165, 1.54) is 6.92 Å². The van der Waals surface area contributed by atoms with E-state index in [4.69, 9.17) is 14.2 Å². The Labute approximate surface area is 192 Å². The van der Waals surface area contributed by atoms with E-state index in [1.54, 1.807) is 0 Å². The number of carbonyl (C=O) groups is 2. The summed E-state index contributed by atoms with van der Waals surface area (Å²) in [6, 6.07) is 0. The van der Waals surface area contributed by atoms with Crippen LogP contribution in [0.4, 0.5) is 0 Å². The van der Waals surface area contributed by atoms with Crippen LogP contribution in [-0.2, 0) is 23.8 Å². The fourth-order valence-corrected chi connectivity index (χ4v) is 6.16. The van der Waals surface area contributed by atoms with E-state index in [2.05, 4.69) is 27.0 Å². The average Bonchev–Trinajstić information content (AvgIpc) is 3.12. The lowest BCUT2D eigenvalue weighted by Crippen LogP contribution is -2.51. The summed E-state index contributed by atoms with van der Waals surface area (Å²) in [5.41, 5.74) is 0.600. The first-order valence-corrected chi connectivity index (χ1v) is 12.1. The number of esters is 2. The van der Waals surface area contributed by atoms with Crippen LogP contribution in [0.2, 0.25) is 0 Å². The number of ether oxygens (including phenoxy) is 3. The molecule has 8 atom stereocenters. The molecule has 1 aliphatic carbocycles. The highest BCUT2D eigenvalue weighted by molar-refractivity contribution is 5.70. The van der Waals surface area contributed by atoms with Gasteiger partial charge >= 0.3 is 11.9 Å². The zero-order valence-electron chi connectivity index (χ0n) is 20.3. The van der Waals surface area contributed by atoms with Crippen LogP contribution >= 0.6 is 0 Å². The van der Waals surface area contributed by atoms with Gasteiger partial charge in [-0.25, -0.2) is 0 Å². The normalized spacial score (nSPS) is 39.7. The molecular formula is C26H40O6. The number of aliphatic hydroxyl groups excluding tert-OH is 1. The third-order valence-corrected chi connectivity index (χ3v) is 7.76. The van der Waals surface area contributed by atoms with Crippen molar-refractivity contribution in [3.05, 3.63) is 24.3 Å². The Balaban J connectivity index is 2.08. The molecule has 1 saturated carbocycles. The Kier molecular flexibility index (Phi) is 7.55. The molecule has 2 aliphatic heterocycles. The Morgan fingerprint density at radius 3 is 2.56 bits per heavy atom.